The number of nitrogens with zero attached hydrogens (tertiary/aromatic N) is 1. The number of β-amino-alcohol motifs (C(OH)–C–C–N with tert-alkyl or cyclic N) is 1. The minimum absolute atomic E-state index is 0.245. The molecule has 0 aromatic heterocycles. The lowest BCUT2D eigenvalue weighted by Crippen LogP contribution is -2.37. The van der Waals surface area contributed by atoms with Crippen LogP contribution in [0.15, 0.2) is 0 Å². The maximum Gasteiger partial charge on any atom is 0.0802 e. The standard InChI is InChI=1S/C10H20ClNO2/c1-8-3-4-12(6-9(2)14-8)7-10(13)5-11/h8-10,13H,3-7H2,1-2H3. The largest absolute Gasteiger partial charge is 0.391 e. The van der Waals surface area contributed by atoms with Crippen LogP contribution in [0.3, 0.4) is 0 Å². The van der Waals surface area contributed by atoms with Crippen molar-refractivity contribution in [1.29, 1.82) is 0 Å². The molecular weight excluding hydrogens is 202 g/mol. The molecule has 0 bridgehead atoms. The Morgan fingerprint density at radius 2 is 2.21 bits per heavy atom. The number of aliphatic hydroxyl groups excluding tert-OH is 1. The van der Waals surface area contributed by atoms with Gasteiger partial charge in [0, 0.05) is 25.5 Å². The third-order valence-electron chi connectivity index (χ3n) is 2.48. The van der Waals surface area contributed by atoms with Gasteiger partial charge >= 0.3 is 0 Å². The summed E-state index contributed by atoms with van der Waals surface area (Å²) in [4.78, 5) is 2.22. The van der Waals surface area contributed by atoms with E-state index in [4.69, 9.17) is 16.3 Å². The third kappa shape index (κ3) is 4.13. The van der Waals surface area contributed by atoms with Gasteiger partial charge in [-0.3, -0.25) is 4.90 Å². The van der Waals surface area contributed by atoms with Gasteiger partial charge in [-0.05, 0) is 20.3 Å². The topological polar surface area (TPSA) is 32.7 Å². The fourth-order valence-electron chi connectivity index (χ4n) is 1.84. The summed E-state index contributed by atoms with van der Waals surface area (Å²) in [5, 5.41) is 9.44. The Balaban J connectivity index is 2.37. The van der Waals surface area contributed by atoms with Crippen molar-refractivity contribution >= 4 is 11.6 Å². The zero-order valence-corrected chi connectivity index (χ0v) is 9.70. The minimum Gasteiger partial charge on any atom is -0.391 e. The molecule has 1 rings (SSSR count). The smallest absolute Gasteiger partial charge is 0.0802 e. The summed E-state index contributed by atoms with van der Waals surface area (Å²) in [5.41, 5.74) is 0. The van der Waals surface area contributed by atoms with Gasteiger partial charge < -0.3 is 9.84 Å². The molecule has 3 nitrogen and oxygen atoms in total. The summed E-state index contributed by atoms with van der Waals surface area (Å²) in [5.74, 6) is 0.307. The van der Waals surface area contributed by atoms with Crippen molar-refractivity contribution in [2.75, 3.05) is 25.5 Å². The van der Waals surface area contributed by atoms with Crippen LogP contribution >= 0.6 is 11.6 Å². The molecule has 4 heteroatoms. The second-order valence-corrected chi connectivity index (χ2v) is 4.42. The second kappa shape index (κ2) is 5.91. The van der Waals surface area contributed by atoms with Crippen LogP contribution in [0.2, 0.25) is 0 Å². The molecule has 0 aliphatic carbocycles. The molecule has 14 heavy (non-hydrogen) atoms. The van der Waals surface area contributed by atoms with Crippen LogP contribution in [0.4, 0.5) is 0 Å². The van der Waals surface area contributed by atoms with Crippen LogP contribution in [0.25, 0.3) is 0 Å². The molecular formula is C10H20ClNO2. The zero-order chi connectivity index (χ0) is 10.6. The predicted molar refractivity (Wildman–Crippen MR) is 57.8 cm³/mol. The van der Waals surface area contributed by atoms with Crippen LogP contribution in [-0.4, -0.2) is 53.8 Å². The van der Waals surface area contributed by atoms with Gasteiger partial charge in [0.05, 0.1) is 18.3 Å². The average molecular weight is 222 g/mol. The lowest BCUT2D eigenvalue weighted by Gasteiger charge is -2.23. The number of hydrogen-bond donors (Lipinski definition) is 1. The fourth-order valence-corrected chi connectivity index (χ4v) is 1.94. The molecule has 0 saturated carbocycles. The van der Waals surface area contributed by atoms with Gasteiger partial charge in [-0.1, -0.05) is 0 Å². The second-order valence-electron chi connectivity index (χ2n) is 4.11. The Hall–Kier alpha value is 0.170. The molecule has 0 aromatic carbocycles. The summed E-state index contributed by atoms with van der Waals surface area (Å²) >= 11 is 5.57. The van der Waals surface area contributed by atoms with Crippen LogP contribution in [-0.2, 0) is 4.74 Å². The highest BCUT2D eigenvalue weighted by Crippen LogP contribution is 2.11. The fraction of sp³-hybridized carbons (Fsp3) is 1.00. The number of alkyl halides is 1. The summed E-state index contributed by atoms with van der Waals surface area (Å²) in [6.07, 6.45) is 1.18. The van der Waals surface area contributed by atoms with E-state index in [-0.39, 0.29) is 6.10 Å². The molecule has 0 aromatic rings. The van der Waals surface area contributed by atoms with E-state index in [9.17, 15) is 5.11 Å². The molecule has 3 unspecified atom stereocenters. The first kappa shape index (κ1) is 12.2. The van der Waals surface area contributed by atoms with Crippen molar-refractivity contribution in [2.24, 2.45) is 0 Å². The van der Waals surface area contributed by atoms with Crippen LogP contribution in [0.1, 0.15) is 20.3 Å². The van der Waals surface area contributed by atoms with E-state index < -0.39 is 6.10 Å². The number of ether oxygens (including phenoxy) is 1. The highest BCUT2D eigenvalue weighted by atomic mass is 35.5. The molecule has 0 radical (unpaired) electrons. The van der Waals surface area contributed by atoms with E-state index in [1.807, 2.05) is 0 Å². The molecule has 1 aliphatic heterocycles. The maximum atomic E-state index is 9.44. The number of halogens is 1. The van der Waals surface area contributed by atoms with E-state index in [1.54, 1.807) is 0 Å². The summed E-state index contributed by atoms with van der Waals surface area (Å²) < 4.78 is 5.70. The van der Waals surface area contributed by atoms with E-state index in [0.717, 1.165) is 19.5 Å². The van der Waals surface area contributed by atoms with E-state index in [1.165, 1.54) is 0 Å². The predicted octanol–water partition coefficient (Wildman–Crippen LogP) is 1.09. The first-order valence-electron chi connectivity index (χ1n) is 5.23. The summed E-state index contributed by atoms with van der Waals surface area (Å²) in [7, 11) is 0. The van der Waals surface area contributed by atoms with E-state index in [0.29, 0.717) is 18.5 Å². The Morgan fingerprint density at radius 3 is 2.86 bits per heavy atom. The highest BCUT2D eigenvalue weighted by molar-refractivity contribution is 6.18. The van der Waals surface area contributed by atoms with Crippen LogP contribution in [0.5, 0.6) is 0 Å². The molecule has 0 amide bonds. The molecule has 3 atom stereocenters. The van der Waals surface area contributed by atoms with Gasteiger partial charge in [0.1, 0.15) is 0 Å². The van der Waals surface area contributed by atoms with Crippen LogP contribution in [0, 0.1) is 0 Å². The van der Waals surface area contributed by atoms with Crippen molar-refractivity contribution in [2.45, 2.75) is 38.6 Å². The molecule has 1 aliphatic rings. The van der Waals surface area contributed by atoms with Crippen molar-refractivity contribution < 1.29 is 9.84 Å². The average Bonchev–Trinajstić information content (AvgIpc) is 2.27. The summed E-state index contributed by atoms with van der Waals surface area (Å²) in [6.45, 7) is 6.70. The van der Waals surface area contributed by atoms with Gasteiger partial charge in [-0.2, -0.15) is 0 Å². The Labute approximate surface area is 91.0 Å². The van der Waals surface area contributed by atoms with Gasteiger partial charge in [0.15, 0.2) is 0 Å². The minimum atomic E-state index is -0.419. The first-order chi connectivity index (χ1) is 6.61. The lowest BCUT2D eigenvalue weighted by molar-refractivity contribution is 0.0119. The SMILES string of the molecule is CC1CCN(CC(O)CCl)CC(C)O1. The van der Waals surface area contributed by atoms with Gasteiger partial charge in [0.25, 0.3) is 0 Å². The monoisotopic (exact) mass is 221 g/mol. The molecule has 1 fully saturated rings. The summed E-state index contributed by atoms with van der Waals surface area (Å²) in [6, 6.07) is 0. The van der Waals surface area contributed by atoms with Crippen molar-refractivity contribution in [3.63, 3.8) is 0 Å². The van der Waals surface area contributed by atoms with Crippen LogP contribution < -0.4 is 0 Å². The Bertz CT molecular complexity index is 166. The van der Waals surface area contributed by atoms with Gasteiger partial charge in [0.2, 0.25) is 0 Å². The molecule has 1 heterocycles. The molecule has 0 spiro atoms. The molecule has 84 valence electrons. The molecule has 1 saturated heterocycles. The number of hydrogen-bond acceptors (Lipinski definition) is 3. The highest BCUT2D eigenvalue weighted by Gasteiger charge is 2.20. The lowest BCUT2D eigenvalue weighted by atomic mass is 10.2. The Kier molecular flexibility index (Phi) is 5.17. The number of rotatable bonds is 3. The first-order valence-corrected chi connectivity index (χ1v) is 5.77. The third-order valence-corrected chi connectivity index (χ3v) is 2.84. The van der Waals surface area contributed by atoms with E-state index >= 15 is 0 Å². The van der Waals surface area contributed by atoms with Crippen molar-refractivity contribution in [1.82, 2.24) is 4.90 Å². The van der Waals surface area contributed by atoms with E-state index in [2.05, 4.69) is 18.7 Å². The maximum absolute atomic E-state index is 9.44. The van der Waals surface area contributed by atoms with Gasteiger partial charge in [-0.15, -0.1) is 11.6 Å². The van der Waals surface area contributed by atoms with Gasteiger partial charge in [-0.25, -0.2) is 0 Å². The quantitative estimate of drug-likeness (QED) is 0.725. The number of aliphatic hydroxyl groups is 1. The zero-order valence-electron chi connectivity index (χ0n) is 8.95. The van der Waals surface area contributed by atoms with Crippen molar-refractivity contribution in [3.05, 3.63) is 0 Å². The molecule has 1 N–H and O–H groups in total. The Morgan fingerprint density at radius 1 is 1.50 bits per heavy atom. The normalized spacial score (nSPS) is 32.6. The van der Waals surface area contributed by atoms with Crippen molar-refractivity contribution in [3.8, 4) is 0 Å².